The number of anilines is 1. The van der Waals surface area contributed by atoms with Crippen LogP contribution < -0.4 is 10.6 Å². The Morgan fingerprint density at radius 2 is 1.68 bits per heavy atom. The van der Waals surface area contributed by atoms with Gasteiger partial charge in [-0.15, -0.1) is 0 Å². The quantitative estimate of drug-likeness (QED) is 0.259. The standard InChI is InChI=1S/C31H39N3O5S/c1-6-18-34(29(37)26(17-19-40-5)33-30(38)39-31(2,3)4)27(22-12-15-25(35)16-13-22)28(36)32-24-14-11-21-9-7-8-10-23(21)20-24/h7-16,20,26-27,35H,6,17-19H2,1-5H3,(H,32,36)(H,33,38). The summed E-state index contributed by atoms with van der Waals surface area (Å²) in [5, 5.41) is 17.6. The molecule has 0 saturated heterocycles. The maximum absolute atomic E-state index is 14.1. The van der Waals surface area contributed by atoms with Gasteiger partial charge in [-0.2, -0.15) is 11.8 Å². The molecule has 0 aliphatic rings. The minimum Gasteiger partial charge on any atom is -0.508 e. The molecule has 0 spiro atoms. The van der Waals surface area contributed by atoms with E-state index in [0.717, 1.165) is 10.8 Å². The molecule has 0 radical (unpaired) electrons. The molecular formula is C31H39N3O5S. The minimum atomic E-state index is -1.00. The van der Waals surface area contributed by atoms with E-state index < -0.39 is 29.7 Å². The molecule has 9 heteroatoms. The molecule has 8 nitrogen and oxygen atoms in total. The Morgan fingerprint density at radius 3 is 2.30 bits per heavy atom. The number of alkyl carbamates (subject to hydrolysis) is 1. The van der Waals surface area contributed by atoms with Crippen LogP contribution in [0.4, 0.5) is 10.5 Å². The lowest BCUT2D eigenvalue weighted by Gasteiger charge is -2.34. The van der Waals surface area contributed by atoms with Crippen molar-refractivity contribution in [3.63, 3.8) is 0 Å². The number of hydrogen-bond acceptors (Lipinski definition) is 6. The van der Waals surface area contributed by atoms with Crippen LogP contribution in [0.3, 0.4) is 0 Å². The number of rotatable bonds is 11. The lowest BCUT2D eigenvalue weighted by Crippen LogP contribution is -2.52. The summed E-state index contributed by atoms with van der Waals surface area (Å²) in [6.07, 6.45) is 2.19. The molecule has 3 aromatic rings. The van der Waals surface area contributed by atoms with E-state index in [2.05, 4.69) is 10.6 Å². The SMILES string of the molecule is CCCN(C(=O)C(CCSC)NC(=O)OC(C)(C)C)C(C(=O)Nc1ccc2ccccc2c1)c1ccc(O)cc1. The van der Waals surface area contributed by atoms with E-state index in [1.807, 2.05) is 55.6 Å². The third-order valence-electron chi connectivity index (χ3n) is 6.13. The van der Waals surface area contributed by atoms with E-state index in [1.54, 1.807) is 44.7 Å². The van der Waals surface area contributed by atoms with Gasteiger partial charge in [0.1, 0.15) is 23.4 Å². The van der Waals surface area contributed by atoms with E-state index in [0.29, 0.717) is 29.8 Å². The first-order chi connectivity index (χ1) is 19.0. The first kappa shape index (κ1) is 30.8. The average molecular weight is 566 g/mol. The van der Waals surface area contributed by atoms with Crippen LogP contribution in [0.25, 0.3) is 10.8 Å². The van der Waals surface area contributed by atoms with Gasteiger partial charge in [-0.1, -0.05) is 49.4 Å². The van der Waals surface area contributed by atoms with Crippen LogP contribution in [0.2, 0.25) is 0 Å². The highest BCUT2D eigenvalue weighted by atomic mass is 32.2. The van der Waals surface area contributed by atoms with Gasteiger partial charge in [0.2, 0.25) is 5.91 Å². The second-order valence-electron chi connectivity index (χ2n) is 10.6. The normalized spacial score (nSPS) is 12.8. The summed E-state index contributed by atoms with van der Waals surface area (Å²) in [5.74, 6) is -0.105. The van der Waals surface area contributed by atoms with Crippen molar-refractivity contribution in [2.24, 2.45) is 0 Å². The third kappa shape index (κ3) is 8.64. The highest BCUT2D eigenvalue weighted by Gasteiger charge is 2.36. The highest BCUT2D eigenvalue weighted by molar-refractivity contribution is 7.98. The predicted octanol–water partition coefficient (Wildman–Crippen LogP) is 6.11. The van der Waals surface area contributed by atoms with Gasteiger partial charge in [-0.3, -0.25) is 9.59 Å². The fraction of sp³-hybridized carbons (Fsp3) is 0.387. The monoisotopic (exact) mass is 565 g/mol. The Labute approximate surface area is 240 Å². The third-order valence-corrected chi connectivity index (χ3v) is 6.78. The molecule has 0 aromatic heterocycles. The molecule has 3 rings (SSSR count). The molecule has 40 heavy (non-hydrogen) atoms. The first-order valence-corrected chi connectivity index (χ1v) is 14.8. The molecule has 214 valence electrons. The molecule has 0 bridgehead atoms. The Bertz CT molecular complexity index is 1310. The number of aromatic hydroxyl groups is 1. The van der Waals surface area contributed by atoms with Crippen LogP contribution in [-0.2, 0) is 14.3 Å². The number of hydrogen-bond donors (Lipinski definition) is 3. The molecule has 3 N–H and O–H groups in total. The van der Waals surface area contributed by atoms with Crippen LogP contribution >= 0.6 is 11.8 Å². The van der Waals surface area contributed by atoms with E-state index >= 15 is 0 Å². The lowest BCUT2D eigenvalue weighted by molar-refractivity contribution is -0.140. The van der Waals surface area contributed by atoms with Crippen molar-refractivity contribution < 1.29 is 24.2 Å². The number of nitrogens with one attached hydrogen (secondary N) is 2. The number of nitrogens with zero attached hydrogens (tertiary/aromatic N) is 1. The van der Waals surface area contributed by atoms with E-state index in [1.165, 1.54) is 17.0 Å². The van der Waals surface area contributed by atoms with Crippen LogP contribution in [0.15, 0.2) is 66.7 Å². The van der Waals surface area contributed by atoms with E-state index in [4.69, 9.17) is 4.74 Å². The van der Waals surface area contributed by atoms with Crippen LogP contribution in [-0.4, -0.2) is 58.1 Å². The summed E-state index contributed by atoms with van der Waals surface area (Å²) < 4.78 is 5.42. The number of phenolic OH excluding ortho intramolecular Hbond substituents is 1. The largest absolute Gasteiger partial charge is 0.508 e. The Morgan fingerprint density at radius 1 is 1.00 bits per heavy atom. The number of benzene rings is 3. The minimum absolute atomic E-state index is 0.0512. The molecule has 2 unspecified atom stereocenters. The molecule has 0 heterocycles. The maximum Gasteiger partial charge on any atom is 0.408 e. The Hall–Kier alpha value is -3.72. The van der Waals surface area contributed by atoms with Gasteiger partial charge in [-0.05, 0) is 86.2 Å². The molecule has 0 saturated carbocycles. The molecule has 3 aromatic carbocycles. The topological polar surface area (TPSA) is 108 Å². The summed E-state index contributed by atoms with van der Waals surface area (Å²) in [5.41, 5.74) is 0.412. The van der Waals surface area contributed by atoms with Crippen molar-refractivity contribution in [3.8, 4) is 5.75 Å². The summed E-state index contributed by atoms with van der Waals surface area (Å²) >= 11 is 1.56. The van der Waals surface area contributed by atoms with Gasteiger partial charge < -0.3 is 25.4 Å². The van der Waals surface area contributed by atoms with Crippen molar-refractivity contribution in [2.45, 2.75) is 58.2 Å². The van der Waals surface area contributed by atoms with Crippen LogP contribution in [0.1, 0.15) is 52.1 Å². The first-order valence-electron chi connectivity index (χ1n) is 13.4. The summed E-state index contributed by atoms with van der Waals surface area (Å²) in [6, 6.07) is 17.8. The number of phenols is 1. The number of thioether (sulfide) groups is 1. The van der Waals surface area contributed by atoms with Crippen molar-refractivity contribution >= 4 is 46.1 Å². The van der Waals surface area contributed by atoms with Crippen molar-refractivity contribution in [2.75, 3.05) is 23.9 Å². The van der Waals surface area contributed by atoms with Gasteiger partial charge in [0.25, 0.3) is 5.91 Å². The predicted molar refractivity (Wildman–Crippen MR) is 162 cm³/mol. The van der Waals surface area contributed by atoms with Crippen LogP contribution in [0, 0.1) is 0 Å². The van der Waals surface area contributed by atoms with E-state index in [-0.39, 0.29) is 18.2 Å². The van der Waals surface area contributed by atoms with Gasteiger partial charge in [-0.25, -0.2) is 4.79 Å². The van der Waals surface area contributed by atoms with Crippen molar-refractivity contribution in [1.82, 2.24) is 10.2 Å². The summed E-state index contributed by atoms with van der Waals surface area (Å²) in [6.45, 7) is 7.47. The summed E-state index contributed by atoms with van der Waals surface area (Å²) in [7, 11) is 0. The number of carbonyl (C=O) groups excluding carboxylic acids is 3. The molecule has 2 atom stereocenters. The molecule has 0 fully saturated rings. The molecule has 0 aliphatic carbocycles. The maximum atomic E-state index is 14.1. The Balaban J connectivity index is 1.97. The van der Waals surface area contributed by atoms with Crippen molar-refractivity contribution in [1.29, 1.82) is 0 Å². The fourth-order valence-electron chi connectivity index (χ4n) is 4.36. The van der Waals surface area contributed by atoms with E-state index in [9.17, 15) is 19.5 Å². The van der Waals surface area contributed by atoms with Gasteiger partial charge >= 0.3 is 6.09 Å². The van der Waals surface area contributed by atoms with Crippen molar-refractivity contribution in [3.05, 3.63) is 72.3 Å². The van der Waals surface area contributed by atoms with Gasteiger partial charge in [0.15, 0.2) is 0 Å². The molecule has 0 aliphatic heterocycles. The number of ether oxygens (including phenoxy) is 1. The van der Waals surface area contributed by atoms with Gasteiger partial charge in [0.05, 0.1) is 0 Å². The zero-order valence-corrected chi connectivity index (χ0v) is 24.6. The zero-order chi connectivity index (χ0) is 29.3. The number of amides is 3. The Kier molecular flexibility index (Phi) is 10.8. The molecule has 3 amide bonds. The zero-order valence-electron chi connectivity index (χ0n) is 23.8. The second-order valence-corrected chi connectivity index (χ2v) is 11.5. The average Bonchev–Trinajstić information content (AvgIpc) is 2.90. The lowest BCUT2D eigenvalue weighted by atomic mass is 10.0. The fourth-order valence-corrected chi connectivity index (χ4v) is 4.83. The van der Waals surface area contributed by atoms with Crippen LogP contribution in [0.5, 0.6) is 5.75 Å². The molecular weight excluding hydrogens is 526 g/mol. The highest BCUT2D eigenvalue weighted by Crippen LogP contribution is 2.28. The second kappa shape index (κ2) is 14.1. The summed E-state index contributed by atoms with van der Waals surface area (Å²) in [4.78, 5) is 42.2. The van der Waals surface area contributed by atoms with Gasteiger partial charge in [0, 0.05) is 12.2 Å². The number of carbonyl (C=O) groups is 3. The smallest absolute Gasteiger partial charge is 0.408 e. The number of fused-ring (bicyclic) bond motifs is 1.